The molecule has 0 radical (unpaired) electrons. The van der Waals surface area contributed by atoms with E-state index in [1.807, 2.05) is 6.92 Å². The maximum Gasteiger partial charge on any atom is 0.341 e. The Hall–Kier alpha value is -1.14. The minimum Gasteiger partial charge on any atom is -0.374 e. The van der Waals surface area contributed by atoms with Crippen LogP contribution in [0.3, 0.4) is 0 Å². The average molecular weight is 242 g/mol. The van der Waals surface area contributed by atoms with Gasteiger partial charge in [0.2, 0.25) is 5.91 Å². The summed E-state index contributed by atoms with van der Waals surface area (Å²) in [5.74, 6) is -2.35. The van der Waals surface area contributed by atoms with E-state index in [1.165, 1.54) is 6.42 Å². The minimum absolute atomic E-state index is 0.266. The fourth-order valence-corrected chi connectivity index (χ4v) is 2.46. The fraction of sp³-hybridized carbons (Fsp3) is 0.818. The molecule has 0 aromatic carbocycles. The molecular weight excluding hydrogens is 224 g/mol. The Morgan fingerprint density at radius 2 is 2.12 bits per heavy atom. The average Bonchev–Trinajstić information content (AvgIpc) is 2.58. The molecule has 2 atom stereocenters. The summed E-state index contributed by atoms with van der Waals surface area (Å²) in [6.45, 7) is 1.98. The first kappa shape index (κ1) is 12.3. The summed E-state index contributed by atoms with van der Waals surface area (Å²) in [5, 5.41) is 12.3. The number of hydroxylamine groups is 1. The van der Waals surface area contributed by atoms with E-state index in [2.05, 4.69) is 15.6 Å². The minimum atomic E-state index is -1.25. The third kappa shape index (κ3) is 2.58. The van der Waals surface area contributed by atoms with Gasteiger partial charge in [-0.2, -0.15) is 0 Å². The molecule has 1 heterocycles. The van der Waals surface area contributed by atoms with Gasteiger partial charge in [-0.3, -0.25) is 4.79 Å². The second-order valence-corrected chi connectivity index (χ2v) is 5.07. The smallest absolute Gasteiger partial charge is 0.341 e. The van der Waals surface area contributed by atoms with E-state index in [1.54, 1.807) is 0 Å². The Balaban J connectivity index is 1.98. The van der Waals surface area contributed by atoms with Crippen molar-refractivity contribution < 1.29 is 19.5 Å². The molecule has 6 nitrogen and oxygen atoms in total. The van der Waals surface area contributed by atoms with Crippen LogP contribution in [0.15, 0.2) is 0 Å². The van der Waals surface area contributed by atoms with Crippen molar-refractivity contribution in [1.82, 2.24) is 10.8 Å². The lowest BCUT2D eigenvalue weighted by molar-refractivity contribution is -0.148. The van der Waals surface area contributed by atoms with E-state index in [9.17, 15) is 14.7 Å². The predicted octanol–water partition coefficient (Wildman–Crippen LogP) is -0.179. The normalized spacial score (nSPS) is 32.0. The Labute approximate surface area is 99.7 Å². The van der Waals surface area contributed by atoms with E-state index >= 15 is 0 Å². The van der Waals surface area contributed by atoms with Crippen molar-refractivity contribution in [2.24, 2.45) is 5.92 Å². The molecule has 1 saturated carbocycles. The number of hydrogen-bond acceptors (Lipinski definition) is 5. The molecule has 3 N–H and O–H groups in total. The van der Waals surface area contributed by atoms with Crippen LogP contribution in [0.4, 0.5) is 0 Å². The Morgan fingerprint density at radius 1 is 1.47 bits per heavy atom. The summed E-state index contributed by atoms with van der Waals surface area (Å²) in [5.41, 5.74) is 1.83. The zero-order valence-electron chi connectivity index (χ0n) is 9.86. The number of amides is 1. The quantitative estimate of drug-likeness (QED) is 0.585. The molecule has 0 aromatic rings. The molecule has 0 spiro atoms. The number of aliphatic hydroxyl groups excluding tert-OH is 1. The maximum absolute atomic E-state index is 11.9. The molecule has 2 unspecified atom stereocenters. The monoisotopic (exact) mass is 242 g/mol. The van der Waals surface area contributed by atoms with Crippen LogP contribution in [0.5, 0.6) is 0 Å². The highest BCUT2D eigenvalue weighted by molar-refractivity contribution is 5.99. The summed E-state index contributed by atoms with van der Waals surface area (Å²) < 4.78 is 0. The van der Waals surface area contributed by atoms with Gasteiger partial charge >= 0.3 is 5.97 Å². The number of nitrogens with one attached hydrogen (secondary N) is 2. The lowest BCUT2D eigenvalue weighted by atomic mass is 9.83. The summed E-state index contributed by atoms with van der Waals surface area (Å²) in [6.07, 6.45) is 3.89. The Bertz CT molecular complexity index is 325. The van der Waals surface area contributed by atoms with Gasteiger partial charge in [-0.05, 0) is 19.8 Å². The van der Waals surface area contributed by atoms with Gasteiger partial charge in [0, 0.05) is 5.54 Å². The summed E-state index contributed by atoms with van der Waals surface area (Å²) in [6, 6.07) is 0. The molecule has 1 aliphatic carbocycles. The molecule has 0 aromatic heterocycles. The van der Waals surface area contributed by atoms with Crippen molar-refractivity contribution in [3.63, 3.8) is 0 Å². The van der Waals surface area contributed by atoms with E-state index in [4.69, 9.17) is 0 Å². The molecule has 1 aliphatic heterocycles. The van der Waals surface area contributed by atoms with Crippen LogP contribution in [0, 0.1) is 5.92 Å². The summed E-state index contributed by atoms with van der Waals surface area (Å²) >= 11 is 0. The second kappa shape index (κ2) is 4.62. The highest BCUT2D eigenvalue weighted by atomic mass is 16.7. The van der Waals surface area contributed by atoms with Gasteiger partial charge in [-0.25, -0.2) is 4.79 Å². The van der Waals surface area contributed by atoms with Gasteiger partial charge in [0.05, 0.1) is 0 Å². The van der Waals surface area contributed by atoms with Gasteiger partial charge in [0.1, 0.15) is 0 Å². The topological polar surface area (TPSA) is 87.7 Å². The highest BCUT2D eigenvalue weighted by Crippen LogP contribution is 2.28. The third-order valence-corrected chi connectivity index (χ3v) is 3.51. The number of aliphatic hydroxyl groups is 1. The Morgan fingerprint density at radius 3 is 2.65 bits per heavy atom. The van der Waals surface area contributed by atoms with Crippen molar-refractivity contribution in [2.45, 2.75) is 50.8 Å². The lowest BCUT2D eigenvalue weighted by Crippen LogP contribution is -2.52. The van der Waals surface area contributed by atoms with Crippen LogP contribution >= 0.6 is 0 Å². The van der Waals surface area contributed by atoms with Crippen molar-refractivity contribution in [2.75, 3.05) is 0 Å². The van der Waals surface area contributed by atoms with Crippen molar-refractivity contribution in [1.29, 1.82) is 0 Å². The summed E-state index contributed by atoms with van der Waals surface area (Å²) in [7, 11) is 0. The van der Waals surface area contributed by atoms with Crippen LogP contribution in [0.1, 0.15) is 39.0 Å². The predicted molar refractivity (Wildman–Crippen MR) is 58.4 cm³/mol. The molecule has 6 heteroatoms. The van der Waals surface area contributed by atoms with Crippen molar-refractivity contribution in [3.05, 3.63) is 0 Å². The first-order chi connectivity index (χ1) is 8.02. The summed E-state index contributed by atoms with van der Waals surface area (Å²) in [4.78, 5) is 27.6. The standard InChI is InChI=1S/C11H18N2O4/c1-11(5-3-2-4-6-11)12-8(14)7-9(15)13-17-10(7)16/h7,9,13,15H,2-6H2,1H3,(H,12,14). The first-order valence-corrected chi connectivity index (χ1v) is 5.98. The molecule has 2 fully saturated rings. The molecule has 0 bridgehead atoms. The number of rotatable bonds is 2. The molecular formula is C11H18N2O4. The van der Waals surface area contributed by atoms with Crippen LogP contribution < -0.4 is 10.8 Å². The second-order valence-electron chi connectivity index (χ2n) is 5.07. The molecule has 17 heavy (non-hydrogen) atoms. The van der Waals surface area contributed by atoms with E-state index in [0.717, 1.165) is 25.7 Å². The number of carbonyl (C=O) groups is 2. The zero-order valence-corrected chi connectivity index (χ0v) is 9.86. The molecule has 1 saturated heterocycles. The SMILES string of the molecule is CC1(NC(=O)C2C(=O)ONC2O)CCCCC1. The van der Waals surface area contributed by atoms with E-state index < -0.39 is 24.0 Å². The Kier molecular flexibility index (Phi) is 3.35. The largest absolute Gasteiger partial charge is 0.374 e. The first-order valence-electron chi connectivity index (χ1n) is 5.98. The number of carbonyl (C=O) groups excluding carboxylic acids is 2. The van der Waals surface area contributed by atoms with Crippen LogP contribution in [-0.4, -0.2) is 28.7 Å². The van der Waals surface area contributed by atoms with Gasteiger partial charge in [-0.15, -0.1) is 5.48 Å². The van der Waals surface area contributed by atoms with Crippen LogP contribution in [0.25, 0.3) is 0 Å². The van der Waals surface area contributed by atoms with Gasteiger partial charge < -0.3 is 15.3 Å². The third-order valence-electron chi connectivity index (χ3n) is 3.51. The van der Waals surface area contributed by atoms with Gasteiger partial charge in [0.15, 0.2) is 12.1 Å². The van der Waals surface area contributed by atoms with E-state index in [0.29, 0.717) is 0 Å². The van der Waals surface area contributed by atoms with Crippen molar-refractivity contribution in [3.8, 4) is 0 Å². The number of hydrogen-bond donors (Lipinski definition) is 3. The lowest BCUT2D eigenvalue weighted by Gasteiger charge is -2.35. The van der Waals surface area contributed by atoms with Gasteiger partial charge in [-0.1, -0.05) is 19.3 Å². The highest BCUT2D eigenvalue weighted by Gasteiger charge is 2.43. The maximum atomic E-state index is 11.9. The van der Waals surface area contributed by atoms with Crippen molar-refractivity contribution >= 4 is 11.9 Å². The van der Waals surface area contributed by atoms with Gasteiger partial charge in [0.25, 0.3) is 0 Å². The molecule has 2 aliphatic rings. The fourth-order valence-electron chi connectivity index (χ4n) is 2.46. The van der Waals surface area contributed by atoms with E-state index in [-0.39, 0.29) is 5.54 Å². The molecule has 1 amide bonds. The molecule has 96 valence electrons. The van der Waals surface area contributed by atoms with Crippen LogP contribution in [-0.2, 0) is 14.4 Å². The zero-order chi connectivity index (χ0) is 12.5. The molecule has 2 rings (SSSR count). The van der Waals surface area contributed by atoms with Crippen LogP contribution in [0.2, 0.25) is 0 Å².